The van der Waals surface area contributed by atoms with E-state index in [9.17, 15) is 18.0 Å². The van der Waals surface area contributed by atoms with Crippen LogP contribution in [0, 0.1) is 0 Å². The molecule has 172 valence electrons. The van der Waals surface area contributed by atoms with Crippen molar-refractivity contribution in [1.82, 2.24) is 5.32 Å². The van der Waals surface area contributed by atoms with Crippen molar-refractivity contribution in [3.05, 3.63) is 77.3 Å². The van der Waals surface area contributed by atoms with E-state index < -0.39 is 15.9 Å². The SMILES string of the molecule is CNC(=O)Nc1ccc(NC(=O)c2cccc(S(=O)(=O)Nc3cc(Cl)ccc3OC)c2)cc1. The van der Waals surface area contributed by atoms with Crippen LogP contribution < -0.4 is 25.4 Å². The van der Waals surface area contributed by atoms with Crippen LogP contribution in [0.2, 0.25) is 5.02 Å². The van der Waals surface area contributed by atoms with Gasteiger partial charge in [-0.15, -0.1) is 0 Å². The average Bonchev–Trinajstić information content (AvgIpc) is 2.80. The molecule has 0 fully saturated rings. The quantitative estimate of drug-likeness (QED) is 0.397. The van der Waals surface area contributed by atoms with E-state index in [0.29, 0.717) is 22.1 Å². The van der Waals surface area contributed by atoms with E-state index in [2.05, 4.69) is 20.7 Å². The zero-order valence-electron chi connectivity index (χ0n) is 17.7. The van der Waals surface area contributed by atoms with Gasteiger partial charge in [-0.25, -0.2) is 13.2 Å². The number of nitrogens with one attached hydrogen (secondary N) is 4. The van der Waals surface area contributed by atoms with Crippen molar-refractivity contribution in [2.45, 2.75) is 4.90 Å². The lowest BCUT2D eigenvalue weighted by Gasteiger charge is -2.13. The van der Waals surface area contributed by atoms with E-state index in [-0.39, 0.29) is 22.2 Å². The molecule has 0 aliphatic rings. The molecular weight excluding hydrogens is 468 g/mol. The number of amides is 3. The molecule has 4 N–H and O–H groups in total. The highest BCUT2D eigenvalue weighted by Crippen LogP contribution is 2.30. The number of methoxy groups -OCH3 is 1. The van der Waals surface area contributed by atoms with Crippen LogP contribution in [0.1, 0.15) is 10.4 Å². The monoisotopic (exact) mass is 488 g/mol. The first-order valence-electron chi connectivity index (χ1n) is 9.58. The summed E-state index contributed by atoms with van der Waals surface area (Å²) in [4.78, 5) is 23.9. The van der Waals surface area contributed by atoms with Gasteiger partial charge in [0.05, 0.1) is 17.7 Å². The highest BCUT2D eigenvalue weighted by atomic mass is 35.5. The van der Waals surface area contributed by atoms with Gasteiger partial charge in [0.2, 0.25) is 0 Å². The first-order chi connectivity index (χ1) is 15.7. The molecule has 33 heavy (non-hydrogen) atoms. The Kier molecular flexibility index (Phi) is 7.41. The summed E-state index contributed by atoms with van der Waals surface area (Å²) in [5, 5.41) is 8.06. The molecule has 0 heterocycles. The van der Waals surface area contributed by atoms with E-state index in [1.165, 1.54) is 44.5 Å². The van der Waals surface area contributed by atoms with Crippen molar-refractivity contribution in [2.24, 2.45) is 0 Å². The second kappa shape index (κ2) is 10.2. The standard InChI is InChI=1S/C22H21ClN4O5S/c1-24-22(29)26-17-9-7-16(8-10-17)25-21(28)14-4-3-5-18(12-14)33(30,31)27-19-13-15(23)6-11-20(19)32-2/h3-13,27H,1-2H3,(H,25,28)(H2,24,26,29). The third kappa shape index (κ3) is 6.15. The van der Waals surface area contributed by atoms with Crippen molar-refractivity contribution < 1.29 is 22.7 Å². The Labute approximate surface area is 196 Å². The molecule has 0 saturated heterocycles. The average molecular weight is 489 g/mol. The number of ether oxygens (including phenoxy) is 1. The van der Waals surface area contributed by atoms with Gasteiger partial charge in [-0.2, -0.15) is 0 Å². The summed E-state index contributed by atoms with van der Waals surface area (Å²) in [6, 6.07) is 16.2. The van der Waals surface area contributed by atoms with Gasteiger partial charge in [0.15, 0.2) is 0 Å². The largest absolute Gasteiger partial charge is 0.495 e. The molecule has 3 rings (SSSR count). The van der Waals surface area contributed by atoms with Gasteiger partial charge in [0, 0.05) is 29.0 Å². The Morgan fingerprint density at radius 3 is 2.21 bits per heavy atom. The molecule has 11 heteroatoms. The fourth-order valence-electron chi connectivity index (χ4n) is 2.80. The highest BCUT2D eigenvalue weighted by molar-refractivity contribution is 7.92. The number of hydrogen-bond donors (Lipinski definition) is 4. The molecule has 9 nitrogen and oxygen atoms in total. The highest BCUT2D eigenvalue weighted by Gasteiger charge is 2.19. The summed E-state index contributed by atoms with van der Waals surface area (Å²) in [6.07, 6.45) is 0. The zero-order chi connectivity index (χ0) is 24.0. The lowest BCUT2D eigenvalue weighted by molar-refractivity contribution is 0.102. The van der Waals surface area contributed by atoms with Crippen LogP contribution in [0.4, 0.5) is 21.9 Å². The number of benzene rings is 3. The van der Waals surface area contributed by atoms with Crippen LogP contribution in [0.25, 0.3) is 0 Å². The lowest BCUT2D eigenvalue weighted by Crippen LogP contribution is -2.24. The summed E-state index contributed by atoms with van der Waals surface area (Å²) < 4.78 is 33.4. The molecular formula is C22H21ClN4O5S. The van der Waals surface area contributed by atoms with Gasteiger partial charge in [-0.1, -0.05) is 17.7 Å². The maximum Gasteiger partial charge on any atom is 0.318 e. The Hall–Kier alpha value is -3.76. The van der Waals surface area contributed by atoms with Crippen molar-refractivity contribution in [2.75, 3.05) is 29.5 Å². The van der Waals surface area contributed by atoms with Gasteiger partial charge in [0.25, 0.3) is 15.9 Å². The van der Waals surface area contributed by atoms with E-state index in [1.54, 1.807) is 36.4 Å². The van der Waals surface area contributed by atoms with Crippen LogP contribution >= 0.6 is 11.6 Å². The second-order valence-electron chi connectivity index (χ2n) is 6.71. The third-order valence-electron chi connectivity index (χ3n) is 4.44. The molecule has 0 aliphatic heterocycles. The normalized spacial score (nSPS) is 10.8. The van der Waals surface area contributed by atoms with Gasteiger partial charge < -0.3 is 20.7 Å². The minimum atomic E-state index is -4.03. The van der Waals surface area contributed by atoms with Gasteiger partial charge in [-0.05, 0) is 60.7 Å². The summed E-state index contributed by atoms with van der Waals surface area (Å²) in [7, 11) is -1.12. The summed E-state index contributed by atoms with van der Waals surface area (Å²) in [5.41, 5.74) is 1.33. The van der Waals surface area contributed by atoms with Crippen LogP contribution in [-0.4, -0.2) is 34.5 Å². The number of halogens is 1. The molecule has 3 aromatic rings. The van der Waals surface area contributed by atoms with Crippen LogP contribution in [0.3, 0.4) is 0 Å². The van der Waals surface area contributed by atoms with Crippen molar-refractivity contribution in [3.63, 3.8) is 0 Å². The Bertz CT molecular complexity index is 1280. The molecule has 0 saturated carbocycles. The Morgan fingerprint density at radius 2 is 1.58 bits per heavy atom. The number of urea groups is 1. The first kappa shape index (κ1) is 23.9. The van der Waals surface area contributed by atoms with E-state index >= 15 is 0 Å². The molecule has 3 amide bonds. The Morgan fingerprint density at radius 1 is 0.909 bits per heavy atom. The smallest absolute Gasteiger partial charge is 0.318 e. The maximum atomic E-state index is 12.9. The fourth-order valence-corrected chi connectivity index (χ4v) is 4.08. The van der Waals surface area contributed by atoms with Crippen molar-refractivity contribution >= 4 is 50.6 Å². The molecule has 0 atom stereocenters. The number of carbonyl (C=O) groups excluding carboxylic acids is 2. The topological polar surface area (TPSA) is 126 Å². The maximum absolute atomic E-state index is 12.9. The van der Waals surface area contributed by atoms with Crippen molar-refractivity contribution in [3.8, 4) is 5.75 Å². The third-order valence-corrected chi connectivity index (χ3v) is 6.04. The Balaban J connectivity index is 1.76. The fraction of sp³-hybridized carbons (Fsp3) is 0.0909. The second-order valence-corrected chi connectivity index (χ2v) is 8.83. The molecule has 0 aromatic heterocycles. The minimum Gasteiger partial charge on any atom is -0.495 e. The number of sulfonamides is 1. The van der Waals surface area contributed by atoms with Crippen LogP contribution in [0.15, 0.2) is 71.6 Å². The van der Waals surface area contributed by atoms with Crippen molar-refractivity contribution in [1.29, 1.82) is 0 Å². The minimum absolute atomic E-state index is 0.109. The molecule has 0 spiro atoms. The van der Waals surface area contributed by atoms with E-state index in [0.717, 1.165) is 0 Å². The van der Waals surface area contributed by atoms with Crippen LogP contribution in [-0.2, 0) is 10.0 Å². The molecule has 0 bridgehead atoms. The van der Waals surface area contributed by atoms with Gasteiger partial charge >= 0.3 is 6.03 Å². The van der Waals surface area contributed by atoms with Crippen LogP contribution in [0.5, 0.6) is 5.75 Å². The predicted octanol–water partition coefficient (Wildman–Crippen LogP) is 4.15. The molecule has 0 unspecified atom stereocenters. The van der Waals surface area contributed by atoms with E-state index in [1.807, 2.05) is 0 Å². The van der Waals surface area contributed by atoms with Gasteiger partial charge in [0.1, 0.15) is 5.75 Å². The van der Waals surface area contributed by atoms with Gasteiger partial charge in [-0.3, -0.25) is 9.52 Å². The molecule has 0 radical (unpaired) electrons. The van der Waals surface area contributed by atoms with E-state index in [4.69, 9.17) is 16.3 Å². The summed E-state index contributed by atoms with van der Waals surface area (Å²) in [6.45, 7) is 0. The predicted molar refractivity (Wildman–Crippen MR) is 128 cm³/mol. The summed E-state index contributed by atoms with van der Waals surface area (Å²) in [5.74, 6) is -0.203. The number of rotatable bonds is 7. The lowest BCUT2D eigenvalue weighted by atomic mass is 10.2. The molecule has 3 aromatic carbocycles. The molecule has 0 aliphatic carbocycles. The number of carbonyl (C=O) groups is 2. The zero-order valence-corrected chi connectivity index (χ0v) is 19.3. The number of hydrogen-bond acceptors (Lipinski definition) is 5. The first-order valence-corrected chi connectivity index (χ1v) is 11.4. The summed E-state index contributed by atoms with van der Waals surface area (Å²) >= 11 is 5.97. The number of anilines is 3.